The average Bonchev–Trinajstić information content (AvgIpc) is 3.27. The number of halogens is 1. The summed E-state index contributed by atoms with van der Waals surface area (Å²) in [6.45, 7) is 5.06. The molecular weight excluding hydrogens is 453 g/mol. The highest BCUT2D eigenvalue weighted by Gasteiger charge is 2.44. The van der Waals surface area contributed by atoms with Gasteiger partial charge in [-0.3, -0.25) is 9.59 Å². The van der Waals surface area contributed by atoms with Crippen LogP contribution in [-0.2, 0) is 20.9 Å². The lowest BCUT2D eigenvalue weighted by Crippen LogP contribution is -2.29. The molecule has 35 heavy (non-hydrogen) atoms. The number of Topliss-reactive ketones (excluding diaryl/α,β-unsaturated/α-hetero) is 1. The van der Waals surface area contributed by atoms with Gasteiger partial charge in [0.1, 0.15) is 11.5 Å². The molecule has 180 valence electrons. The lowest BCUT2D eigenvalue weighted by atomic mass is 9.94. The molecule has 1 fully saturated rings. The molecule has 8 nitrogen and oxygen atoms in total. The molecule has 1 saturated heterocycles. The topological polar surface area (TPSA) is 117 Å². The Morgan fingerprint density at radius 2 is 1.91 bits per heavy atom. The Morgan fingerprint density at radius 3 is 2.54 bits per heavy atom. The summed E-state index contributed by atoms with van der Waals surface area (Å²) in [5.41, 5.74) is 1.83. The number of likely N-dealkylation sites (tertiary alicyclic amines) is 1. The minimum atomic E-state index is -1.02. The van der Waals surface area contributed by atoms with Gasteiger partial charge in [-0.1, -0.05) is 17.9 Å². The lowest BCUT2D eigenvalue weighted by molar-refractivity contribution is -0.378. The fourth-order valence-electron chi connectivity index (χ4n) is 4.38. The van der Waals surface area contributed by atoms with Crippen molar-refractivity contribution in [1.82, 2.24) is 9.88 Å². The number of pyridine rings is 1. The fraction of sp³-hybridized carbons (Fsp3) is 0.231. The number of nitrogens with zero attached hydrogens (tertiary/aromatic N) is 1. The summed E-state index contributed by atoms with van der Waals surface area (Å²) in [7, 11) is 0. The van der Waals surface area contributed by atoms with Gasteiger partial charge >= 0.3 is 5.97 Å². The molecule has 1 aromatic carbocycles. The number of carbonyl (C=O) groups excluding carboxylic acids is 3. The Hall–Kier alpha value is -4.27. The van der Waals surface area contributed by atoms with E-state index in [1.807, 2.05) is 0 Å². The van der Waals surface area contributed by atoms with Crippen molar-refractivity contribution in [3.05, 3.63) is 93.8 Å². The number of aryl methyl sites for hydroxylation is 1. The maximum absolute atomic E-state index is 13.8. The Balaban J connectivity index is 1.89. The van der Waals surface area contributed by atoms with Gasteiger partial charge in [0, 0.05) is 22.9 Å². The zero-order valence-corrected chi connectivity index (χ0v) is 19.5. The van der Waals surface area contributed by atoms with Crippen LogP contribution in [0, 0.1) is 19.7 Å². The molecule has 2 N–H and O–H groups in total. The number of amides is 1. The van der Waals surface area contributed by atoms with Gasteiger partial charge in [0.25, 0.3) is 5.91 Å². The number of aromatic nitrogens is 2. The smallest absolute Gasteiger partial charge is 0.355 e. The molecule has 9 heteroatoms. The second-order valence-electron chi connectivity index (χ2n) is 8.22. The summed E-state index contributed by atoms with van der Waals surface area (Å²) in [6.07, 6.45) is 3.39. The van der Waals surface area contributed by atoms with Gasteiger partial charge in [0.15, 0.2) is 12.4 Å². The first-order valence-corrected chi connectivity index (χ1v) is 11.1. The van der Waals surface area contributed by atoms with Gasteiger partial charge in [0.2, 0.25) is 5.78 Å². The number of ether oxygens (including phenoxy) is 1. The van der Waals surface area contributed by atoms with Gasteiger partial charge in [-0.2, -0.15) is 0 Å². The maximum atomic E-state index is 13.8. The van der Waals surface area contributed by atoms with Crippen LogP contribution in [0.15, 0.2) is 54.4 Å². The summed E-state index contributed by atoms with van der Waals surface area (Å²) >= 11 is 0. The first kappa shape index (κ1) is 23.9. The van der Waals surface area contributed by atoms with Crippen LogP contribution in [0.25, 0.3) is 5.76 Å². The molecule has 0 aliphatic carbocycles. The van der Waals surface area contributed by atoms with Gasteiger partial charge in [0.05, 0.1) is 19.2 Å². The second kappa shape index (κ2) is 9.54. The van der Waals surface area contributed by atoms with E-state index in [2.05, 4.69) is 9.97 Å². The van der Waals surface area contributed by atoms with Crippen LogP contribution < -0.4 is 10.1 Å². The Labute approximate surface area is 201 Å². The molecule has 1 aliphatic heterocycles. The zero-order valence-electron chi connectivity index (χ0n) is 19.5. The third kappa shape index (κ3) is 4.32. The number of H-pyrrole nitrogens is 2. The van der Waals surface area contributed by atoms with E-state index in [1.54, 1.807) is 45.3 Å². The number of nitrogens with one attached hydrogen (secondary N) is 2. The van der Waals surface area contributed by atoms with E-state index in [-0.39, 0.29) is 30.0 Å². The van der Waals surface area contributed by atoms with Gasteiger partial charge in [-0.15, -0.1) is 0 Å². The van der Waals surface area contributed by atoms with E-state index in [9.17, 15) is 23.9 Å². The molecule has 3 aromatic rings. The highest BCUT2D eigenvalue weighted by molar-refractivity contribution is 6.46. The summed E-state index contributed by atoms with van der Waals surface area (Å²) in [6, 6.07) is 7.83. The third-order valence-corrected chi connectivity index (χ3v) is 5.98. The van der Waals surface area contributed by atoms with E-state index >= 15 is 0 Å². The predicted octanol–water partition coefficient (Wildman–Crippen LogP) is 2.19. The number of esters is 1. The van der Waals surface area contributed by atoms with E-state index in [4.69, 9.17) is 4.74 Å². The largest absolute Gasteiger partial charge is 0.872 e. The van der Waals surface area contributed by atoms with Crippen molar-refractivity contribution in [3.8, 4) is 0 Å². The minimum absolute atomic E-state index is 0.0555. The van der Waals surface area contributed by atoms with Crippen molar-refractivity contribution >= 4 is 23.4 Å². The normalized spacial score (nSPS) is 17.1. The molecule has 1 aliphatic rings. The van der Waals surface area contributed by atoms with Crippen LogP contribution in [0.1, 0.15) is 51.4 Å². The molecular formula is C26H24FN3O5. The van der Waals surface area contributed by atoms with Crippen molar-refractivity contribution in [1.29, 1.82) is 0 Å². The molecule has 1 atom stereocenters. The summed E-state index contributed by atoms with van der Waals surface area (Å²) in [5, 5.41) is 13.8. The standard InChI is InChI=1S/C26H24FN3O5/c1-4-35-26(34)21-14(2)19(15(3)29-21)23(31)20-22(17-7-9-18(27)10-8-17)30(25(33)24(20)32)13-16-6-5-11-28-12-16/h5-12,22,29,31H,4,13H2,1-3H3/b23-20+. The molecule has 0 spiro atoms. The zero-order chi connectivity index (χ0) is 25.3. The van der Waals surface area contributed by atoms with Crippen LogP contribution in [0.4, 0.5) is 4.39 Å². The maximum Gasteiger partial charge on any atom is 0.355 e. The van der Waals surface area contributed by atoms with Crippen LogP contribution in [-0.4, -0.2) is 34.2 Å². The van der Waals surface area contributed by atoms with Crippen LogP contribution in [0.2, 0.25) is 0 Å². The lowest BCUT2D eigenvalue weighted by Gasteiger charge is -2.27. The molecule has 0 saturated carbocycles. The first-order chi connectivity index (χ1) is 16.7. The number of hydrogen-bond donors (Lipinski definition) is 1. The van der Waals surface area contributed by atoms with Crippen LogP contribution >= 0.6 is 0 Å². The number of carbonyl (C=O) groups is 3. The van der Waals surface area contributed by atoms with Gasteiger partial charge in [-0.25, -0.2) is 14.2 Å². The van der Waals surface area contributed by atoms with E-state index in [1.165, 1.54) is 29.2 Å². The SMILES string of the molecule is CCOC(=O)c1[nH]c(C)c(/C([O-])=C2\C(=O)C(=O)N(Cc3ccc[nH+]c3)C2c2ccc(F)cc2)c1C. The van der Waals surface area contributed by atoms with Gasteiger partial charge < -0.3 is 19.7 Å². The Kier molecular flexibility index (Phi) is 6.50. The van der Waals surface area contributed by atoms with Crippen molar-refractivity contribution in [2.75, 3.05) is 6.61 Å². The molecule has 2 aromatic heterocycles. The predicted molar refractivity (Wildman–Crippen MR) is 121 cm³/mol. The number of rotatable bonds is 6. The fourth-order valence-corrected chi connectivity index (χ4v) is 4.38. The highest BCUT2D eigenvalue weighted by atomic mass is 19.1. The Bertz CT molecular complexity index is 1330. The molecule has 3 heterocycles. The third-order valence-electron chi connectivity index (χ3n) is 5.98. The highest BCUT2D eigenvalue weighted by Crippen LogP contribution is 2.40. The van der Waals surface area contributed by atoms with Crippen molar-refractivity contribution < 1.29 is 33.6 Å². The first-order valence-electron chi connectivity index (χ1n) is 11.1. The van der Waals surface area contributed by atoms with Crippen LogP contribution in [0.5, 0.6) is 0 Å². The monoisotopic (exact) mass is 477 g/mol. The molecule has 0 bridgehead atoms. The summed E-state index contributed by atoms with van der Waals surface area (Å²) in [4.78, 5) is 45.7. The molecule has 1 amide bonds. The minimum Gasteiger partial charge on any atom is -0.872 e. The second-order valence-corrected chi connectivity index (χ2v) is 8.22. The van der Waals surface area contributed by atoms with E-state index < -0.39 is 35.3 Å². The van der Waals surface area contributed by atoms with Crippen molar-refractivity contribution in [2.24, 2.45) is 0 Å². The quantitative estimate of drug-likeness (QED) is 0.253. The molecule has 0 radical (unpaired) electrons. The number of benzene rings is 1. The number of aromatic amines is 2. The number of ketones is 1. The van der Waals surface area contributed by atoms with Gasteiger partial charge in [-0.05, 0) is 55.7 Å². The number of hydrogen-bond acceptors (Lipinski definition) is 5. The molecule has 4 rings (SSSR count). The molecule has 1 unspecified atom stereocenters. The summed E-state index contributed by atoms with van der Waals surface area (Å²) in [5.74, 6) is -3.53. The van der Waals surface area contributed by atoms with Crippen molar-refractivity contribution in [3.63, 3.8) is 0 Å². The van der Waals surface area contributed by atoms with E-state index in [0.717, 1.165) is 0 Å². The Morgan fingerprint density at radius 1 is 1.20 bits per heavy atom. The van der Waals surface area contributed by atoms with Crippen LogP contribution in [0.3, 0.4) is 0 Å². The van der Waals surface area contributed by atoms with Crippen molar-refractivity contribution in [2.45, 2.75) is 33.4 Å². The summed E-state index contributed by atoms with van der Waals surface area (Å²) < 4.78 is 18.7. The van der Waals surface area contributed by atoms with E-state index in [0.29, 0.717) is 22.4 Å². The average molecular weight is 477 g/mol.